The minimum Gasteiger partial charge on any atom is -0.481 e. The lowest BCUT2D eigenvalue weighted by atomic mass is 10.0. The average molecular weight is 259 g/mol. The molecule has 3 N–H and O–H groups in total. The SMILES string of the molecule is CC(CC(=O)O)CC(=O)NCCNC(=O)N(C)C. The molecule has 0 aliphatic carbocycles. The largest absolute Gasteiger partial charge is 0.481 e. The van der Waals surface area contributed by atoms with Crippen LogP contribution in [0.25, 0.3) is 0 Å². The molecule has 0 aromatic carbocycles. The topological polar surface area (TPSA) is 98.7 Å². The van der Waals surface area contributed by atoms with Gasteiger partial charge in [-0.25, -0.2) is 4.79 Å². The van der Waals surface area contributed by atoms with E-state index in [1.165, 1.54) is 4.90 Å². The zero-order valence-electron chi connectivity index (χ0n) is 11.0. The Labute approximate surface area is 107 Å². The fraction of sp³-hybridized carbons (Fsp3) is 0.727. The molecule has 1 atom stereocenters. The summed E-state index contributed by atoms with van der Waals surface area (Å²) in [6.07, 6.45) is 0.152. The molecule has 0 saturated carbocycles. The van der Waals surface area contributed by atoms with E-state index in [4.69, 9.17) is 5.11 Å². The number of nitrogens with zero attached hydrogens (tertiary/aromatic N) is 1. The first kappa shape index (κ1) is 16.2. The van der Waals surface area contributed by atoms with E-state index in [9.17, 15) is 14.4 Å². The van der Waals surface area contributed by atoms with Crippen LogP contribution in [0, 0.1) is 5.92 Å². The van der Waals surface area contributed by atoms with Gasteiger partial charge in [0.2, 0.25) is 5.91 Å². The number of nitrogens with one attached hydrogen (secondary N) is 2. The van der Waals surface area contributed by atoms with Crippen molar-refractivity contribution >= 4 is 17.9 Å². The second kappa shape index (κ2) is 8.32. The van der Waals surface area contributed by atoms with Gasteiger partial charge in [0, 0.05) is 40.0 Å². The number of amides is 3. The molecular formula is C11H21N3O4. The maximum absolute atomic E-state index is 11.4. The summed E-state index contributed by atoms with van der Waals surface area (Å²) in [5.74, 6) is -1.31. The number of carboxylic acids is 1. The third-order valence-corrected chi connectivity index (χ3v) is 2.19. The molecule has 0 fully saturated rings. The van der Waals surface area contributed by atoms with Crippen molar-refractivity contribution in [1.82, 2.24) is 15.5 Å². The van der Waals surface area contributed by atoms with Crippen LogP contribution >= 0.6 is 0 Å². The zero-order valence-corrected chi connectivity index (χ0v) is 11.0. The number of carbonyl (C=O) groups is 3. The van der Waals surface area contributed by atoms with E-state index in [0.717, 1.165) is 0 Å². The van der Waals surface area contributed by atoms with Gasteiger partial charge in [0.05, 0.1) is 0 Å². The van der Waals surface area contributed by atoms with Crippen molar-refractivity contribution in [3.8, 4) is 0 Å². The van der Waals surface area contributed by atoms with Crippen molar-refractivity contribution in [2.24, 2.45) is 5.92 Å². The number of hydrogen-bond donors (Lipinski definition) is 3. The molecule has 0 aliphatic heterocycles. The maximum atomic E-state index is 11.4. The Hall–Kier alpha value is -1.79. The Balaban J connectivity index is 3.65. The van der Waals surface area contributed by atoms with Crippen molar-refractivity contribution in [2.75, 3.05) is 27.2 Å². The fourth-order valence-electron chi connectivity index (χ4n) is 1.29. The maximum Gasteiger partial charge on any atom is 0.316 e. The predicted molar refractivity (Wildman–Crippen MR) is 66.1 cm³/mol. The highest BCUT2D eigenvalue weighted by molar-refractivity contribution is 5.77. The van der Waals surface area contributed by atoms with Gasteiger partial charge in [0.25, 0.3) is 0 Å². The summed E-state index contributed by atoms with van der Waals surface area (Å²) in [5.41, 5.74) is 0. The molecule has 104 valence electrons. The van der Waals surface area contributed by atoms with Gasteiger partial charge in [0.15, 0.2) is 0 Å². The lowest BCUT2D eigenvalue weighted by molar-refractivity contribution is -0.138. The molecule has 3 amide bonds. The second-order valence-corrected chi connectivity index (χ2v) is 4.38. The molecule has 7 heteroatoms. The van der Waals surface area contributed by atoms with Gasteiger partial charge in [-0.05, 0) is 5.92 Å². The highest BCUT2D eigenvalue weighted by Crippen LogP contribution is 2.06. The van der Waals surface area contributed by atoms with Crippen LogP contribution in [0.2, 0.25) is 0 Å². The number of hydrogen-bond acceptors (Lipinski definition) is 3. The normalized spacial score (nSPS) is 11.5. The van der Waals surface area contributed by atoms with Gasteiger partial charge < -0.3 is 20.6 Å². The first-order valence-corrected chi connectivity index (χ1v) is 5.76. The van der Waals surface area contributed by atoms with E-state index in [1.807, 2.05) is 0 Å². The summed E-state index contributed by atoms with van der Waals surface area (Å²) < 4.78 is 0. The highest BCUT2D eigenvalue weighted by Gasteiger charge is 2.12. The van der Waals surface area contributed by atoms with E-state index in [2.05, 4.69) is 10.6 Å². The van der Waals surface area contributed by atoms with Crippen LogP contribution in [0.3, 0.4) is 0 Å². The predicted octanol–water partition coefficient (Wildman–Crippen LogP) is -0.125. The van der Waals surface area contributed by atoms with Gasteiger partial charge in [-0.1, -0.05) is 6.92 Å². The smallest absolute Gasteiger partial charge is 0.316 e. The standard InChI is InChI=1S/C11H21N3O4/c1-8(7-10(16)17)6-9(15)12-4-5-13-11(18)14(2)3/h8H,4-7H2,1-3H3,(H,12,15)(H,13,18)(H,16,17). The van der Waals surface area contributed by atoms with Crippen LogP contribution in [-0.2, 0) is 9.59 Å². The van der Waals surface area contributed by atoms with E-state index in [0.29, 0.717) is 13.1 Å². The molecule has 0 rings (SSSR count). The molecule has 0 saturated heterocycles. The highest BCUT2D eigenvalue weighted by atomic mass is 16.4. The monoisotopic (exact) mass is 259 g/mol. The Bertz CT molecular complexity index is 305. The minimum absolute atomic E-state index is 0.0230. The average Bonchev–Trinajstić information content (AvgIpc) is 2.22. The van der Waals surface area contributed by atoms with Crippen LogP contribution in [0.15, 0.2) is 0 Å². The Morgan fingerprint density at radius 2 is 1.67 bits per heavy atom. The Kier molecular flexibility index (Phi) is 7.50. The molecule has 1 unspecified atom stereocenters. The van der Waals surface area contributed by atoms with Crippen molar-refractivity contribution in [3.63, 3.8) is 0 Å². The Morgan fingerprint density at radius 3 is 2.17 bits per heavy atom. The summed E-state index contributed by atoms with van der Waals surface area (Å²) >= 11 is 0. The van der Waals surface area contributed by atoms with E-state index in [-0.39, 0.29) is 30.7 Å². The number of aliphatic carboxylic acids is 1. The summed E-state index contributed by atoms with van der Waals surface area (Å²) in [6, 6.07) is -0.219. The molecule has 0 heterocycles. The zero-order chi connectivity index (χ0) is 14.1. The summed E-state index contributed by atoms with van der Waals surface area (Å²) in [7, 11) is 3.25. The third kappa shape index (κ3) is 8.37. The van der Waals surface area contributed by atoms with Gasteiger partial charge in [-0.15, -0.1) is 0 Å². The number of rotatable bonds is 7. The lowest BCUT2D eigenvalue weighted by Gasteiger charge is -2.13. The van der Waals surface area contributed by atoms with Crippen LogP contribution < -0.4 is 10.6 Å². The van der Waals surface area contributed by atoms with E-state index in [1.54, 1.807) is 21.0 Å². The molecule has 0 radical (unpaired) electrons. The number of urea groups is 1. The van der Waals surface area contributed by atoms with Gasteiger partial charge in [0.1, 0.15) is 0 Å². The molecule has 0 aliphatic rings. The molecule has 18 heavy (non-hydrogen) atoms. The minimum atomic E-state index is -0.909. The summed E-state index contributed by atoms with van der Waals surface area (Å²) in [5, 5.41) is 13.8. The van der Waals surface area contributed by atoms with E-state index >= 15 is 0 Å². The molecule has 0 bridgehead atoms. The van der Waals surface area contributed by atoms with Crippen LogP contribution in [-0.4, -0.2) is 55.1 Å². The molecule has 7 nitrogen and oxygen atoms in total. The third-order valence-electron chi connectivity index (χ3n) is 2.19. The first-order chi connectivity index (χ1) is 8.32. The van der Waals surface area contributed by atoms with Crippen LogP contribution in [0.5, 0.6) is 0 Å². The van der Waals surface area contributed by atoms with Crippen molar-refractivity contribution in [2.45, 2.75) is 19.8 Å². The van der Waals surface area contributed by atoms with Crippen molar-refractivity contribution < 1.29 is 19.5 Å². The van der Waals surface area contributed by atoms with Crippen LogP contribution in [0.1, 0.15) is 19.8 Å². The first-order valence-electron chi connectivity index (χ1n) is 5.76. The Morgan fingerprint density at radius 1 is 1.11 bits per heavy atom. The summed E-state index contributed by atoms with van der Waals surface area (Å²) in [6.45, 7) is 2.38. The summed E-state index contributed by atoms with van der Waals surface area (Å²) in [4.78, 5) is 34.3. The lowest BCUT2D eigenvalue weighted by Crippen LogP contribution is -2.39. The van der Waals surface area contributed by atoms with E-state index < -0.39 is 5.97 Å². The van der Waals surface area contributed by atoms with Gasteiger partial charge in [-0.3, -0.25) is 9.59 Å². The molecule has 0 aromatic rings. The molecule has 0 spiro atoms. The number of carbonyl (C=O) groups excluding carboxylic acids is 2. The van der Waals surface area contributed by atoms with Crippen molar-refractivity contribution in [1.29, 1.82) is 0 Å². The van der Waals surface area contributed by atoms with Gasteiger partial charge >= 0.3 is 12.0 Å². The number of carboxylic acid groups (broad SMARTS) is 1. The molecule has 0 aromatic heterocycles. The second-order valence-electron chi connectivity index (χ2n) is 4.38. The van der Waals surface area contributed by atoms with Gasteiger partial charge in [-0.2, -0.15) is 0 Å². The van der Waals surface area contributed by atoms with Crippen molar-refractivity contribution in [3.05, 3.63) is 0 Å². The fourth-order valence-corrected chi connectivity index (χ4v) is 1.29. The quantitative estimate of drug-likeness (QED) is 0.555. The molecular weight excluding hydrogens is 238 g/mol. The van der Waals surface area contributed by atoms with Crippen LogP contribution in [0.4, 0.5) is 4.79 Å².